The Kier molecular flexibility index (Phi) is 4.32. The molecular weight excluding hydrogens is 280 g/mol. The molecule has 0 heterocycles. The topological polar surface area (TPSA) is 18.5 Å². The fourth-order valence-electron chi connectivity index (χ4n) is 2.56. The Balaban J connectivity index is 2.27. The number of ether oxygens (including phenoxy) is 2. The first kappa shape index (κ1) is 12.7. The van der Waals surface area contributed by atoms with E-state index in [2.05, 4.69) is 22.0 Å². The Morgan fingerprint density at radius 2 is 1.88 bits per heavy atom. The van der Waals surface area contributed by atoms with Crippen LogP contribution in [0.5, 0.6) is 11.5 Å². The van der Waals surface area contributed by atoms with E-state index >= 15 is 0 Å². The molecule has 2 nitrogen and oxygen atoms in total. The smallest absolute Gasteiger partial charge is 0.123 e. The van der Waals surface area contributed by atoms with Crippen LogP contribution in [0.2, 0.25) is 0 Å². The van der Waals surface area contributed by atoms with E-state index < -0.39 is 0 Å². The van der Waals surface area contributed by atoms with Crippen LogP contribution in [0.15, 0.2) is 18.2 Å². The summed E-state index contributed by atoms with van der Waals surface area (Å²) in [7, 11) is 3.42. The van der Waals surface area contributed by atoms with Crippen molar-refractivity contribution in [2.24, 2.45) is 5.92 Å². The molecule has 0 radical (unpaired) electrons. The van der Waals surface area contributed by atoms with Gasteiger partial charge in [-0.25, -0.2) is 0 Å². The van der Waals surface area contributed by atoms with E-state index in [9.17, 15) is 0 Å². The number of rotatable bonds is 4. The lowest BCUT2D eigenvalue weighted by atomic mass is 9.97. The van der Waals surface area contributed by atoms with E-state index in [1.165, 1.54) is 31.2 Å². The Bertz CT molecular complexity index is 372. The predicted molar refractivity (Wildman–Crippen MR) is 73.2 cm³/mol. The molecule has 1 aromatic carbocycles. The number of benzene rings is 1. The molecule has 1 aliphatic carbocycles. The van der Waals surface area contributed by atoms with Crippen molar-refractivity contribution in [3.05, 3.63) is 23.8 Å². The van der Waals surface area contributed by atoms with Crippen molar-refractivity contribution in [1.82, 2.24) is 0 Å². The Labute approximate surface area is 111 Å². The van der Waals surface area contributed by atoms with Crippen LogP contribution in [-0.2, 0) is 0 Å². The molecule has 0 bridgehead atoms. The molecule has 1 aromatic rings. The molecule has 2 rings (SSSR count). The van der Waals surface area contributed by atoms with Crippen molar-refractivity contribution < 1.29 is 9.47 Å². The fourth-order valence-corrected chi connectivity index (χ4v) is 3.45. The summed E-state index contributed by atoms with van der Waals surface area (Å²) in [6.45, 7) is 0. The summed E-state index contributed by atoms with van der Waals surface area (Å²) in [4.78, 5) is 0.370. The molecule has 0 aromatic heterocycles. The highest BCUT2D eigenvalue weighted by atomic mass is 79.9. The molecule has 0 amide bonds. The van der Waals surface area contributed by atoms with Crippen molar-refractivity contribution in [3.8, 4) is 11.5 Å². The van der Waals surface area contributed by atoms with E-state index in [0.29, 0.717) is 4.83 Å². The van der Waals surface area contributed by atoms with Gasteiger partial charge in [0.1, 0.15) is 11.5 Å². The third-order valence-electron chi connectivity index (χ3n) is 3.55. The highest BCUT2D eigenvalue weighted by Crippen LogP contribution is 2.45. The number of halogens is 1. The molecule has 17 heavy (non-hydrogen) atoms. The summed E-state index contributed by atoms with van der Waals surface area (Å²) in [6.07, 6.45) is 5.30. The van der Waals surface area contributed by atoms with Crippen molar-refractivity contribution >= 4 is 15.9 Å². The van der Waals surface area contributed by atoms with E-state index in [1.54, 1.807) is 14.2 Å². The van der Waals surface area contributed by atoms with Crippen LogP contribution in [0.3, 0.4) is 0 Å². The van der Waals surface area contributed by atoms with Gasteiger partial charge in [0.15, 0.2) is 0 Å². The van der Waals surface area contributed by atoms with Crippen LogP contribution in [0.1, 0.15) is 36.1 Å². The summed E-state index contributed by atoms with van der Waals surface area (Å²) in [6, 6.07) is 6.00. The molecule has 0 saturated heterocycles. The molecule has 1 atom stereocenters. The highest BCUT2D eigenvalue weighted by Gasteiger charge is 2.26. The number of alkyl halides is 1. The van der Waals surface area contributed by atoms with E-state index in [4.69, 9.17) is 9.47 Å². The van der Waals surface area contributed by atoms with Crippen LogP contribution >= 0.6 is 15.9 Å². The van der Waals surface area contributed by atoms with Gasteiger partial charge in [0, 0.05) is 10.4 Å². The van der Waals surface area contributed by atoms with Gasteiger partial charge < -0.3 is 9.47 Å². The van der Waals surface area contributed by atoms with Crippen molar-refractivity contribution in [2.75, 3.05) is 14.2 Å². The first-order valence-corrected chi connectivity index (χ1v) is 7.04. The zero-order valence-corrected chi connectivity index (χ0v) is 12.0. The summed E-state index contributed by atoms with van der Waals surface area (Å²) >= 11 is 3.83. The molecule has 1 unspecified atom stereocenters. The monoisotopic (exact) mass is 298 g/mol. The minimum Gasteiger partial charge on any atom is -0.497 e. The molecular formula is C14H19BrO2. The highest BCUT2D eigenvalue weighted by molar-refractivity contribution is 9.09. The number of hydrogen-bond donors (Lipinski definition) is 0. The average Bonchev–Trinajstić information content (AvgIpc) is 2.91. The normalized spacial score (nSPS) is 18.1. The maximum atomic E-state index is 5.44. The summed E-state index contributed by atoms with van der Waals surface area (Å²) in [5.41, 5.74) is 1.21. The number of methoxy groups -OCH3 is 2. The first-order valence-electron chi connectivity index (χ1n) is 6.12. The Morgan fingerprint density at radius 3 is 2.47 bits per heavy atom. The summed E-state index contributed by atoms with van der Waals surface area (Å²) in [5, 5.41) is 0. The van der Waals surface area contributed by atoms with Gasteiger partial charge in [0.05, 0.1) is 14.2 Å². The van der Waals surface area contributed by atoms with Crippen LogP contribution in [0.25, 0.3) is 0 Å². The summed E-state index contributed by atoms with van der Waals surface area (Å²) in [5.74, 6) is 2.55. The predicted octanol–water partition coefficient (Wildman–Crippen LogP) is 4.33. The zero-order chi connectivity index (χ0) is 12.3. The summed E-state index contributed by atoms with van der Waals surface area (Å²) < 4.78 is 10.7. The third kappa shape index (κ3) is 2.76. The van der Waals surface area contributed by atoms with Crippen LogP contribution in [0, 0.1) is 5.92 Å². The quantitative estimate of drug-likeness (QED) is 0.770. The second-order valence-electron chi connectivity index (χ2n) is 4.55. The maximum Gasteiger partial charge on any atom is 0.123 e. The first-order chi connectivity index (χ1) is 8.26. The van der Waals surface area contributed by atoms with Crippen LogP contribution in [-0.4, -0.2) is 14.2 Å². The van der Waals surface area contributed by atoms with Gasteiger partial charge in [-0.05, 0) is 37.0 Å². The lowest BCUT2D eigenvalue weighted by Crippen LogP contribution is -2.05. The van der Waals surface area contributed by atoms with E-state index in [1.807, 2.05) is 12.1 Å². The molecule has 0 spiro atoms. The van der Waals surface area contributed by atoms with Crippen molar-refractivity contribution in [2.45, 2.75) is 30.5 Å². The SMILES string of the molecule is COc1ccc(OC)c(C(Br)C2CCCC2)c1. The Morgan fingerprint density at radius 1 is 1.18 bits per heavy atom. The van der Waals surface area contributed by atoms with Gasteiger partial charge in [0.25, 0.3) is 0 Å². The maximum absolute atomic E-state index is 5.44. The van der Waals surface area contributed by atoms with Gasteiger partial charge in [-0.15, -0.1) is 0 Å². The second kappa shape index (κ2) is 5.76. The van der Waals surface area contributed by atoms with Gasteiger partial charge in [0.2, 0.25) is 0 Å². The second-order valence-corrected chi connectivity index (χ2v) is 5.54. The molecule has 94 valence electrons. The fraction of sp³-hybridized carbons (Fsp3) is 0.571. The number of hydrogen-bond acceptors (Lipinski definition) is 2. The van der Waals surface area contributed by atoms with Gasteiger partial charge in [-0.1, -0.05) is 28.8 Å². The van der Waals surface area contributed by atoms with Crippen LogP contribution in [0.4, 0.5) is 0 Å². The largest absolute Gasteiger partial charge is 0.497 e. The minimum atomic E-state index is 0.370. The van der Waals surface area contributed by atoms with Crippen molar-refractivity contribution in [3.63, 3.8) is 0 Å². The van der Waals surface area contributed by atoms with Gasteiger partial charge in [-0.2, -0.15) is 0 Å². The van der Waals surface area contributed by atoms with E-state index in [0.717, 1.165) is 17.4 Å². The average molecular weight is 299 g/mol. The molecule has 1 aliphatic rings. The lowest BCUT2D eigenvalue weighted by molar-refractivity contribution is 0.394. The molecule has 0 N–H and O–H groups in total. The molecule has 3 heteroatoms. The Hall–Kier alpha value is -0.700. The molecule has 1 fully saturated rings. The van der Waals surface area contributed by atoms with E-state index in [-0.39, 0.29) is 0 Å². The standard InChI is InChI=1S/C14H19BrO2/c1-16-11-7-8-13(17-2)12(9-11)14(15)10-5-3-4-6-10/h7-10,14H,3-6H2,1-2H3. The molecule has 1 saturated carbocycles. The third-order valence-corrected chi connectivity index (χ3v) is 4.79. The van der Waals surface area contributed by atoms with Gasteiger partial charge in [-0.3, -0.25) is 0 Å². The minimum absolute atomic E-state index is 0.370. The zero-order valence-electron chi connectivity index (χ0n) is 10.4. The van der Waals surface area contributed by atoms with Gasteiger partial charge >= 0.3 is 0 Å². The van der Waals surface area contributed by atoms with Crippen LogP contribution < -0.4 is 9.47 Å². The molecule has 0 aliphatic heterocycles. The van der Waals surface area contributed by atoms with Crippen molar-refractivity contribution in [1.29, 1.82) is 0 Å². The lowest BCUT2D eigenvalue weighted by Gasteiger charge is -2.20.